The van der Waals surface area contributed by atoms with Gasteiger partial charge < -0.3 is 25.0 Å². The van der Waals surface area contributed by atoms with Crippen molar-refractivity contribution in [3.8, 4) is 5.88 Å². The van der Waals surface area contributed by atoms with Crippen LogP contribution in [0.15, 0.2) is 42.6 Å². The monoisotopic (exact) mass is 512 g/mol. The van der Waals surface area contributed by atoms with Gasteiger partial charge in [-0.3, -0.25) is 4.79 Å². The first-order chi connectivity index (χ1) is 17.6. The molecule has 1 aliphatic carbocycles. The number of anilines is 1. The summed E-state index contributed by atoms with van der Waals surface area (Å²) in [7, 11) is 0. The lowest BCUT2D eigenvalue weighted by Crippen LogP contribution is -2.49. The minimum Gasteiger partial charge on any atom is -0.474 e. The Morgan fingerprint density at radius 3 is 2.56 bits per heavy atom. The fraction of sp³-hybridized carbons (Fsp3) is 0.571. The summed E-state index contributed by atoms with van der Waals surface area (Å²) in [4.78, 5) is 22.7. The largest absolute Gasteiger partial charge is 0.474 e. The average molecular weight is 513 g/mol. The van der Waals surface area contributed by atoms with Crippen LogP contribution >= 0.6 is 11.6 Å². The number of hydrogen-bond acceptors (Lipinski definition) is 6. The van der Waals surface area contributed by atoms with E-state index >= 15 is 0 Å². The van der Waals surface area contributed by atoms with Gasteiger partial charge in [-0.15, -0.1) is 0 Å². The normalized spacial score (nSPS) is 21.9. The van der Waals surface area contributed by atoms with Crippen molar-refractivity contribution in [1.82, 2.24) is 15.2 Å². The first-order valence-electron chi connectivity index (χ1n) is 13.4. The van der Waals surface area contributed by atoms with Crippen molar-refractivity contribution in [2.24, 2.45) is 5.92 Å². The average Bonchev–Trinajstić information content (AvgIpc) is 3.32. The fourth-order valence-electron chi connectivity index (χ4n) is 5.45. The maximum absolute atomic E-state index is 13.5. The molecule has 1 saturated carbocycles. The summed E-state index contributed by atoms with van der Waals surface area (Å²) in [5, 5.41) is 14.1. The quantitative estimate of drug-likeness (QED) is 0.476. The summed E-state index contributed by atoms with van der Waals surface area (Å²) in [6, 6.07) is 11.7. The van der Waals surface area contributed by atoms with Crippen molar-refractivity contribution in [2.75, 3.05) is 44.2 Å². The maximum atomic E-state index is 13.5. The van der Waals surface area contributed by atoms with Gasteiger partial charge in [0.2, 0.25) is 11.8 Å². The number of likely N-dealkylation sites (tertiary alicyclic amines) is 1. The molecule has 3 heterocycles. The zero-order chi connectivity index (χ0) is 24.9. The van der Waals surface area contributed by atoms with E-state index in [4.69, 9.17) is 16.3 Å². The number of aliphatic hydroxyl groups excluding tert-OH is 1. The van der Waals surface area contributed by atoms with Crippen molar-refractivity contribution in [3.63, 3.8) is 0 Å². The van der Waals surface area contributed by atoms with Crippen LogP contribution in [0.4, 0.5) is 5.69 Å². The van der Waals surface area contributed by atoms with Crippen LogP contribution in [-0.4, -0.2) is 72.4 Å². The predicted molar refractivity (Wildman–Crippen MR) is 142 cm³/mol. The standard InChI is InChI=1S/C28H37ClN4O3/c29-22-4-6-23(7-5-22)33-15-11-21(18-33)28(35)31-26(19-32-13-1-2-14-32)25(12-16-34)20-3-10-27(30-17-20)36-24-8-9-24/h3-7,10,17,21,24-26,34H,1-2,8-9,11-16,18-19H2,(H,31,35). The number of nitrogens with zero attached hydrogens (tertiary/aromatic N) is 3. The molecule has 2 N–H and O–H groups in total. The molecule has 3 fully saturated rings. The predicted octanol–water partition coefficient (Wildman–Crippen LogP) is 3.85. The number of carbonyl (C=O) groups excluding carboxylic acids is 1. The van der Waals surface area contributed by atoms with Crippen molar-refractivity contribution in [3.05, 3.63) is 53.2 Å². The van der Waals surface area contributed by atoms with Crippen LogP contribution in [0.25, 0.3) is 0 Å². The number of rotatable bonds is 11. The summed E-state index contributed by atoms with van der Waals surface area (Å²) in [5.41, 5.74) is 2.13. The first-order valence-corrected chi connectivity index (χ1v) is 13.7. The lowest BCUT2D eigenvalue weighted by atomic mass is 9.88. The van der Waals surface area contributed by atoms with Gasteiger partial charge in [-0.05, 0) is 81.4 Å². The van der Waals surface area contributed by atoms with E-state index in [1.54, 1.807) is 0 Å². The second-order valence-electron chi connectivity index (χ2n) is 10.4. The van der Waals surface area contributed by atoms with E-state index in [0.29, 0.717) is 30.0 Å². The molecule has 8 heteroatoms. The Morgan fingerprint density at radius 2 is 1.89 bits per heavy atom. The highest BCUT2D eigenvalue weighted by atomic mass is 35.5. The molecule has 1 aromatic carbocycles. The van der Waals surface area contributed by atoms with Crippen molar-refractivity contribution >= 4 is 23.2 Å². The van der Waals surface area contributed by atoms with Crippen molar-refractivity contribution in [2.45, 2.75) is 56.6 Å². The molecule has 194 valence electrons. The van der Waals surface area contributed by atoms with Crippen molar-refractivity contribution in [1.29, 1.82) is 0 Å². The number of pyridine rings is 1. The minimum absolute atomic E-state index is 0.0178. The number of nitrogens with one attached hydrogen (secondary N) is 1. The summed E-state index contributed by atoms with van der Waals surface area (Å²) < 4.78 is 5.82. The van der Waals surface area contributed by atoms with Crippen LogP contribution < -0.4 is 15.0 Å². The van der Waals surface area contributed by atoms with Gasteiger partial charge in [0, 0.05) is 61.2 Å². The Balaban J connectivity index is 1.28. The molecule has 1 aromatic heterocycles. The Morgan fingerprint density at radius 1 is 1.11 bits per heavy atom. The molecular formula is C28H37ClN4O3. The number of amides is 1. The van der Waals surface area contributed by atoms with Gasteiger partial charge in [-0.25, -0.2) is 4.98 Å². The van der Waals surface area contributed by atoms with E-state index in [1.165, 1.54) is 12.8 Å². The zero-order valence-corrected chi connectivity index (χ0v) is 21.6. The molecule has 3 atom stereocenters. The molecule has 0 spiro atoms. The molecule has 36 heavy (non-hydrogen) atoms. The van der Waals surface area contributed by atoms with Crippen molar-refractivity contribution < 1.29 is 14.6 Å². The molecule has 2 aliphatic heterocycles. The first kappa shape index (κ1) is 25.3. The molecular weight excluding hydrogens is 476 g/mol. The topological polar surface area (TPSA) is 77.9 Å². The van der Waals surface area contributed by atoms with Crippen LogP contribution in [0.5, 0.6) is 5.88 Å². The van der Waals surface area contributed by atoms with Crippen LogP contribution in [0.3, 0.4) is 0 Å². The lowest BCUT2D eigenvalue weighted by Gasteiger charge is -2.32. The number of carbonyl (C=O) groups is 1. The molecule has 5 rings (SSSR count). The highest BCUT2D eigenvalue weighted by Crippen LogP contribution is 2.30. The van der Waals surface area contributed by atoms with Gasteiger partial charge in [0.1, 0.15) is 6.10 Å². The van der Waals surface area contributed by atoms with Gasteiger partial charge in [-0.2, -0.15) is 0 Å². The van der Waals surface area contributed by atoms with Gasteiger partial charge in [0.05, 0.1) is 5.92 Å². The molecule has 1 amide bonds. The number of hydrogen-bond donors (Lipinski definition) is 2. The minimum atomic E-state index is -0.0932. The van der Waals surface area contributed by atoms with Gasteiger partial charge in [0.25, 0.3) is 0 Å². The summed E-state index contributed by atoms with van der Waals surface area (Å²) in [6.07, 6.45) is 8.14. The van der Waals surface area contributed by atoms with Crippen LogP contribution in [0.2, 0.25) is 5.02 Å². The van der Waals surface area contributed by atoms with E-state index in [0.717, 1.165) is 56.7 Å². The number of aliphatic hydroxyl groups is 1. The zero-order valence-electron chi connectivity index (χ0n) is 20.8. The second kappa shape index (κ2) is 11.8. The third-order valence-electron chi connectivity index (χ3n) is 7.66. The second-order valence-corrected chi connectivity index (χ2v) is 10.8. The summed E-state index contributed by atoms with van der Waals surface area (Å²) in [6.45, 7) is 4.50. The highest BCUT2D eigenvalue weighted by Gasteiger charge is 2.33. The molecule has 3 aliphatic rings. The summed E-state index contributed by atoms with van der Waals surface area (Å²) in [5.74, 6) is 0.664. The Kier molecular flexibility index (Phi) is 8.29. The highest BCUT2D eigenvalue weighted by molar-refractivity contribution is 6.30. The van der Waals surface area contributed by atoms with Crippen LogP contribution in [-0.2, 0) is 4.79 Å². The van der Waals surface area contributed by atoms with Crippen LogP contribution in [0, 0.1) is 5.92 Å². The lowest BCUT2D eigenvalue weighted by molar-refractivity contribution is -0.125. The molecule has 0 radical (unpaired) electrons. The molecule has 7 nitrogen and oxygen atoms in total. The van der Waals surface area contributed by atoms with Gasteiger partial charge in [0.15, 0.2) is 0 Å². The van der Waals surface area contributed by atoms with E-state index in [-0.39, 0.29) is 30.4 Å². The third-order valence-corrected chi connectivity index (χ3v) is 7.91. The van der Waals surface area contributed by atoms with E-state index < -0.39 is 0 Å². The van der Waals surface area contributed by atoms with E-state index in [1.807, 2.05) is 42.6 Å². The smallest absolute Gasteiger partial charge is 0.225 e. The summed E-state index contributed by atoms with van der Waals surface area (Å²) >= 11 is 6.05. The Labute approximate surface area is 218 Å². The number of benzene rings is 1. The molecule has 3 unspecified atom stereocenters. The molecule has 2 aromatic rings. The van der Waals surface area contributed by atoms with E-state index in [9.17, 15) is 9.90 Å². The van der Waals surface area contributed by atoms with Crippen LogP contribution in [0.1, 0.15) is 50.0 Å². The fourth-order valence-corrected chi connectivity index (χ4v) is 5.58. The Bertz CT molecular complexity index is 993. The maximum Gasteiger partial charge on any atom is 0.225 e. The SMILES string of the molecule is O=C(NC(CN1CCCC1)C(CCO)c1ccc(OC2CC2)nc1)C1CCN(c2ccc(Cl)cc2)C1. The molecule has 0 bridgehead atoms. The van der Waals surface area contributed by atoms with Gasteiger partial charge >= 0.3 is 0 Å². The number of halogens is 1. The number of aromatic nitrogens is 1. The molecule has 2 saturated heterocycles. The third kappa shape index (κ3) is 6.50. The van der Waals surface area contributed by atoms with Gasteiger partial charge in [-0.1, -0.05) is 17.7 Å². The Hall–Kier alpha value is -2.35. The number of ether oxygens (including phenoxy) is 1. The van der Waals surface area contributed by atoms with E-state index in [2.05, 4.69) is 20.1 Å².